The third-order valence-corrected chi connectivity index (χ3v) is 5.92. The van der Waals surface area contributed by atoms with Crippen LogP contribution in [-0.4, -0.2) is 24.3 Å². The number of nitrogens with one attached hydrogen (secondary N) is 1. The number of hydrogen-bond donors (Lipinski definition) is 1. The van der Waals surface area contributed by atoms with E-state index in [-0.39, 0.29) is 23.9 Å². The Labute approximate surface area is 185 Å². The zero-order valence-corrected chi connectivity index (χ0v) is 17.4. The average Bonchev–Trinajstić information content (AvgIpc) is 3.25. The standard InChI is InChI=1S/C26H22N2O4/c29-24-7-4-14-28(24)21-11-9-20(10-12-21)27-25(30)18-8-13-22-19(15-18)16-23(32-26(22)31)17-5-2-1-3-6-17/h1-3,5-6,8-13,15,23H,4,7,14,16H2,(H,27,30). The first-order chi connectivity index (χ1) is 15.6. The summed E-state index contributed by atoms with van der Waals surface area (Å²) in [5.74, 6) is -0.504. The monoisotopic (exact) mass is 426 g/mol. The van der Waals surface area contributed by atoms with Crippen LogP contribution in [0.4, 0.5) is 11.4 Å². The molecule has 0 aliphatic carbocycles. The highest BCUT2D eigenvalue weighted by Gasteiger charge is 2.28. The van der Waals surface area contributed by atoms with Gasteiger partial charge in [-0.25, -0.2) is 4.79 Å². The summed E-state index contributed by atoms with van der Waals surface area (Å²) >= 11 is 0. The highest BCUT2D eigenvalue weighted by atomic mass is 16.5. The number of carbonyl (C=O) groups excluding carboxylic acids is 3. The molecule has 5 rings (SSSR count). The van der Waals surface area contributed by atoms with E-state index in [9.17, 15) is 14.4 Å². The van der Waals surface area contributed by atoms with Gasteiger partial charge in [0.15, 0.2) is 0 Å². The molecule has 2 aliphatic rings. The molecule has 1 fully saturated rings. The number of carbonyl (C=O) groups is 3. The summed E-state index contributed by atoms with van der Waals surface area (Å²) in [5.41, 5.74) is 4.18. The van der Waals surface area contributed by atoms with Gasteiger partial charge in [0.05, 0.1) is 5.56 Å². The van der Waals surface area contributed by atoms with Crippen LogP contribution in [0.15, 0.2) is 72.8 Å². The van der Waals surface area contributed by atoms with Gasteiger partial charge in [-0.1, -0.05) is 30.3 Å². The number of benzene rings is 3. The van der Waals surface area contributed by atoms with Crippen molar-refractivity contribution in [1.82, 2.24) is 0 Å². The van der Waals surface area contributed by atoms with Crippen LogP contribution in [0.3, 0.4) is 0 Å². The summed E-state index contributed by atoms with van der Waals surface area (Å²) in [4.78, 5) is 39.0. The van der Waals surface area contributed by atoms with Crippen LogP contribution < -0.4 is 10.2 Å². The van der Waals surface area contributed by atoms with Gasteiger partial charge in [-0.05, 0) is 60.0 Å². The summed E-state index contributed by atoms with van der Waals surface area (Å²) < 4.78 is 5.59. The van der Waals surface area contributed by atoms with Crippen LogP contribution in [0.1, 0.15) is 50.8 Å². The third-order valence-electron chi connectivity index (χ3n) is 5.92. The van der Waals surface area contributed by atoms with E-state index in [1.165, 1.54) is 0 Å². The Kier molecular flexibility index (Phi) is 5.19. The summed E-state index contributed by atoms with van der Waals surface area (Å²) in [6.45, 7) is 0.728. The van der Waals surface area contributed by atoms with Gasteiger partial charge >= 0.3 is 5.97 Å². The number of nitrogens with zero attached hydrogens (tertiary/aromatic N) is 1. The minimum absolute atomic E-state index is 0.128. The highest BCUT2D eigenvalue weighted by molar-refractivity contribution is 6.05. The van der Waals surface area contributed by atoms with Gasteiger partial charge in [-0.3, -0.25) is 9.59 Å². The van der Waals surface area contributed by atoms with Crippen molar-refractivity contribution in [3.8, 4) is 0 Å². The number of fused-ring (bicyclic) bond motifs is 1. The molecule has 160 valence electrons. The predicted octanol–water partition coefficient (Wildman–Crippen LogP) is 4.52. The Morgan fingerprint density at radius 2 is 1.75 bits per heavy atom. The number of rotatable bonds is 4. The fourth-order valence-corrected chi connectivity index (χ4v) is 4.24. The summed E-state index contributed by atoms with van der Waals surface area (Å²) in [6, 6.07) is 21.9. The molecule has 1 N–H and O–H groups in total. The van der Waals surface area contributed by atoms with Gasteiger partial charge in [0, 0.05) is 36.3 Å². The summed E-state index contributed by atoms with van der Waals surface area (Å²) in [6.07, 6.45) is 1.60. The van der Waals surface area contributed by atoms with Gasteiger partial charge < -0.3 is 15.0 Å². The van der Waals surface area contributed by atoms with Crippen molar-refractivity contribution >= 4 is 29.2 Å². The van der Waals surface area contributed by atoms with Gasteiger partial charge in [-0.2, -0.15) is 0 Å². The number of amides is 2. The lowest BCUT2D eigenvalue weighted by Crippen LogP contribution is -2.23. The number of hydrogen-bond acceptors (Lipinski definition) is 4. The molecular formula is C26H22N2O4. The second-order valence-corrected chi connectivity index (χ2v) is 8.03. The van der Waals surface area contributed by atoms with Crippen molar-refractivity contribution in [3.63, 3.8) is 0 Å². The Bertz CT molecular complexity index is 1190. The Morgan fingerprint density at radius 3 is 2.47 bits per heavy atom. The highest BCUT2D eigenvalue weighted by Crippen LogP contribution is 2.31. The second kappa shape index (κ2) is 8.30. The Morgan fingerprint density at radius 1 is 0.969 bits per heavy atom. The van der Waals surface area contributed by atoms with Crippen LogP contribution in [0.25, 0.3) is 0 Å². The van der Waals surface area contributed by atoms with E-state index in [0.29, 0.717) is 29.7 Å². The van der Waals surface area contributed by atoms with Crippen LogP contribution in [-0.2, 0) is 16.0 Å². The van der Waals surface area contributed by atoms with Crippen molar-refractivity contribution in [2.24, 2.45) is 0 Å². The third kappa shape index (κ3) is 3.87. The predicted molar refractivity (Wildman–Crippen MR) is 121 cm³/mol. The maximum absolute atomic E-state index is 12.8. The largest absolute Gasteiger partial charge is 0.454 e. The fourth-order valence-electron chi connectivity index (χ4n) is 4.24. The molecule has 0 spiro atoms. The van der Waals surface area contributed by atoms with E-state index in [1.54, 1.807) is 35.2 Å². The minimum atomic E-state index is -0.376. The van der Waals surface area contributed by atoms with Crippen LogP contribution in [0.2, 0.25) is 0 Å². The van der Waals surface area contributed by atoms with Crippen molar-refractivity contribution in [2.75, 3.05) is 16.8 Å². The molecule has 0 radical (unpaired) electrons. The molecule has 0 bridgehead atoms. The number of esters is 1. The molecule has 2 amide bonds. The topological polar surface area (TPSA) is 75.7 Å². The molecule has 0 saturated carbocycles. The molecule has 3 aromatic rings. The molecule has 1 atom stereocenters. The molecule has 6 heteroatoms. The average molecular weight is 426 g/mol. The quantitative estimate of drug-likeness (QED) is 0.623. The first-order valence-electron chi connectivity index (χ1n) is 10.7. The van der Waals surface area contributed by atoms with Gasteiger partial charge in [0.25, 0.3) is 5.91 Å². The van der Waals surface area contributed by atoms with E-state index in [4.69, 9.17) is 4.74 Å². The smallest absolute Gasteiger partial charge is 0.339 e. The van der Waals surface area contributed by atoms with Crippen LogP contribution in [0.5, 0.6) is 0 Å². The van der Waals surface area contributed by atoms with E-state index in [1.807, 2.05) is 42.5 Å². The maximum Gasteiger partial charge on any atom is 0.339 e. The van der Waals surface area contributed by atoms with E-state index in [2.05, 4.69) is 5.32 Å². The van der Waals surface area contributed by atoms with E-state index in [0.717, 1.165) is 29.8 Å². The Hall–Kier alpha value is -3.93. The van der Waals surface area contributed by atoms with Crippen LogP contribution >= 0.6 is 0 Å². The number of anilines is 2. The van der Waals surface area contributed by atoms with Crippen molar-refractivity contribution in [3.05, 3.63) is 95.1 Å². The minimum Gasteiger partial charge on any atom is -0.454 e. The molecule has 0 aromatic heterocycles. The zero-order chi connectivity index (χ0) is 22.1. The number of cyclic esters (lactones) is 1. The van der Waals surface area contributed by atoms with Gasteiger partial charge in [-0.15, -0.1) is 0 Å². The lowest BCUT2D eigenvalue weighted by atomic mass is 9.93. The summed E-state index contributed by atoms with van der Waals surface area (Å²) in [7, 11) is 0. The van der Waals surface area contributed by atoms with E-state index >= 15 is 0 Å². The molecule has 3 aromatic carbocycles. The van der Waals surface area contributed by atoms with Crippen LogP contribution in [0, 0.1) is 0 Å². The maximum atomic E-state index is 12.8. The van der Waals surface area contributed by atoms with E-state index < -0.39 is 0 Å². The molecule has 1 unspecified atom stereocenters. The Balaban J connectivity index is 1.32. The molecule has 2 aliphatic heterocycles. The summed E-state index contributed by atoms with van der Waals surface area (Å²) in [5, 5.41) is 2.89. The fraction of sp³-hybridized carbons (Fsp3) is 0.192. The van der Waals surface area contributed by atoms with Gasteiger partial charge in [0.1, 0.15) is 6.10 Å². The second-order valence-electron chi connectivity index (χ2n) is 8.03. The molecule has 2 heterocycles. The normalized spacial score (nSPS) is 17.6. The lowest BCUT2D eigenvalue weighted by molar-refractivity contribution is -0.117. The molecule has 32 heavy (non-hydrogen) atoms. The molecular weight excluding hydrogens is 404 g/mol. The zero-order valence-electron chi connectivity index (χ0n) is 17.4. The first kappa shape index (κ1) is 20.0. The first-order valence-corrected chi connectivity index (χ1v) is 10.7. The van der Waals surface area contributed by atoms with Gasteiger partial charge in [0.2, 0.25) is 5.91 Å². The van der Waals surface area contributed by atoms with Crippen molar-refractivity contribution in [1.29, 1.82) is 0 Å². The molecule has 6 nitrogen and oxygen atoms in total. The SMILES string of the molecule is O=C(Nc1ccc(N2CCCC2=O)cc1)c1ccc2c(c1)CC(c1ccccc1)OC2=O. The molecule has 1 saturated heterocycles. The lowest BCUT2D eigenvalue weighted by Gasteiger charge is -2.25. The van der Waals surface area contributed by atoms with Crippen molar-refractivity contribution < 1.29 is 19.1 Å². The number of ether oxygens (including phenoxy) is 1. The van der Waals surface area contributed by atoms with Crippen molar-refractivity contribution in [2.45, 2.75) is 25.4 Å².